The number of carbonyl (C=O) groups excluding carboxylic acids is 3. The molecule has 2 aromatic heterocycles. The van der Waals surface area contributed by atoms with E-state index < -0.39 is 34.3 Å². The van der Waals surface area contributed by atoms with E-state index >= 15 is 0 Å². The molecule has 1 N–H and O–H groups in total. The molecule has 1 aliphatic carbocycles. The summed E-state index contributed by atoms with van der Waals surface area (Å²) in [6.45, 7) is 1.15. The normalized spacial score (nSPS) is 18.5. The van der Waals surface area contributed by atoms with E-state index in [9.17, 15) is 22.8 Å². The fraction of sp³-hybridized carbons (Fsp3) is 0.455. The van der Waals surface area contributed by atoms with Crippen molar-refractivity contribution >= 4 is 61.7 Å². The molecule has 188 valence electrons. The molecule has 2 aromatic rings. The van der Waals surface area contributed by atoms with Crippen LogP contribution in [0.1, 0.15) is 50.9 Å². The van der Waals surface area contributed by atoms with Gasteiger partial charge in [-0.1, -0.05) is 11.6 Å². The molecule has 0 spiro atoms. The summed E-state index contributed by atoms with van der Waals surface area (Å²) in [5.41, 5.74) is 2.26. The number of sulfone groups is 1. The number of amides is 1. The molecule has 3 heterocycles. The number of aryl methyl sites for hydroxylation is 2. The van der Waals surface area contributed by atoms with Gasteiger partial charge in [0.25, 0.3) is 5.91 Å². The van der Waals surface area contributed by atoms with Gasteiger partial charge in [0.15, 0.2) is 16.4 Å². The van der Waals surface area contributed by atoms with Gasteiger partial charge in [-0.3, -0.25) is 4.79 Å². The van der Waals surface area contributed by atoms with Crippen LogP contribution in [0.2, 0.25) is 5.15 Å². The van der Waals surface area contributed by atoms with Gasteiger partial charge in [-0.15, -0.1) is 11.3 Å². The predicted octanol–water partition coefficient (Wildman–Crippen LogP) is 2.74. The molecule has 0 bridgehead atoms. The van der Waals surface area contributed by atoms with Crippen LogP contribution in [0.4, 0.5) is 5.00 Å². The summed E-state index contributed by atoms with van der Waals surface area (Å²) in [7, 11) is -1.82. The highest BCUT2D eigenvalue weighted by molar-refractivity contribution is 7.91. The fourth-order valence-corrected chi connectivity index (χ4v) is 7.60. The third-order valence-electron chi connectivity index (χ3n) is 5.92. The summed E-state index contributed by atoms with van der Waals surface area (Å²) in [5.74, 6) is -1.81. The van der Waals surface area contributed by atoms with Gasteiger partial charge in [0.1, 0.15) is 10.2 Å². The van der Waals surface area contributed by atoms with Gasteiger partial charge in [-0.05, 0) is 44.2 Å². The minimum atomic E-state index is -3.11. The van der Waals surface area contributed by atoms with Crippen molar-refractivity contribution in [2.75, 3.05) is 30.5 Å². The lowest BCUT2D eigenvalue weighted by atomic mass is 10.1. The number of carbonyl (C=O) groups is 3. The van der Waals surface area contributed by atoms with Gasteiger partial charge in [0, 0.05) is 16.5 Å². The van der Waals surface area contributed by atoms with Gasteiger partial charge >= 0.3 is 11.9 Å². The number of thiophene rings is 1. The zero-order chi connectivity index (χ0) is 25.3. The second-order valence-electron chi connectivity index (χ2n) is 8.33. The number of rotatable bonds is 7. The maximum absolute atomic E-state index is 12.4. The van der Waals surface area contributed by atoms with E-state index in [0.717, 1.165) is 35.8 Å². The Kier molecular flexibility index (Phi) is 7.34. The molecule has 1 atom stereocenters. The van der Waals surface area contributed by atoms with Crippen LogP contribution >= 0.6 is 22.9 Å². The smallest absolute Gasteiger partial charge is 0.341 e. The molecule has 0 radical (unpaired) electrons. The highest BCUT2D eigenvalue weighted by Crippen LogP contribution is 2.39. The molecule has 1 unspecified atom stereocenters. The molecular weight excluding hydrogens is 518 g/mol. The van der Waals surface area contributed by atoms with Crippen LogP contribution in [0, 0.1) is 6.92 Å². The van der Waals surface area contributed by atoms with Crippen molar-refractivity contribution in [2.24, 2.45) is 0 Å². The van der Waals surface area contributed by atoms with Crippen LogP contribution < -0.4 is 5.32 Å². The summed E-state index contributed by atoms with van der Waals surface area (Å²) in [5, 5.41) is 7.58. The van der Waals surface area contributed by atoms with Gasteiger partial charge in [0.2, 0.25) is 0 Å². The van der Waals surface area contributed by atoms with Crippen molar-refractivity contribution in [1.82, 2.24) is 9.78 Å². The maximum atomic E-state index is 12.4. The first-order chi connectivity index (χ1) is 16.6. The number of esters is 2. The third-order valence-corrected chi connectivity index (χ3v) is 9.25. The van der Waals surface area contributed by atoms with Crippen molar-refractivity contribution < 1.29 is 32.3 Å². The van der Waals surface area contributed by atoms with Crippen molar-refractivity contribution in [3.05, 3.63) is 38.5 Å². The number of aromatic nitrogens is 2. The molecule has 1 saturated heterocycles. The SMILES string of the molecule is COC(=O)c1c(NC(=O)COC(=O)C=Cc2c(C)nn(C3CCS(=O)(=O)C3)c2Cl)sc2c1CCC2. The van der Waals surface area contributed by atoms with E-state index in [4.69, 9.17) is 21.1 Å². The topological polar surface area (TPSA) is 134 Å². The van der Waals surface area contributed by atoms with Crippen LogP contribution in [0.5, 0.6) is 0 Å². The van der Waals surface area contributed by atoms with Crippen LogP contribution in [-0.4, -0.2) is 61.3 Å². The molecule has 1 fully saturated rings. The lowest BCUT2D eigenvalue weighted by molar-refractivity contribution is -0.142. The number of halogens is 1. The summed E-state index contributed by atoms with van der Waals surface area (Å²) < 4.78 is 34.9. The van der Waals surface area contributed by atoms with Gasteiger partial charge in [-0.2, -0.15) is 5.10 Å². The van der Waals surface area contributed by atoms with Crippen molar-refractivity contribution in [1.29, 1.82) is 0 Å². The minimum Gasteiger partial charge on any atom is -0.465 e. The Bertz CT molecular complexity index is 1330. The molecule has 1 amide bonds. The average molecular weight is 542 g/mol. The molecular formula is C22H24ClN3O7S2. The molecule has 0 saturated carbocycles. The van der Waals surface area contributed by atoms with E-state index in [1.165, 1.54) is 29.2 Å². The maximum Gasteiger partial charge on any atom is 0.341 e. The number of hydrogen-bond donors (Lipinski definition) is 1. The van der Waals surface area contributed by atoms with Crippen molar-refractivity contribution in [2.45, 2.75) is 38.6 Å². The van der Waals surface area contributed by atoms with Crippen molar-refractivity contribution in [3.8, 4) is 0 Å². The Labute approximate surface area is 211 Å². The lowest BCUT2D eigenvalue weighted by Crippen LogP contribution is -2.21. The summed E-state index contributed by atoms with van der Waals surface area (Å²) in [4.78, 5) is 37.8. The number of nitrogens with zero attached hydrogens (tertiary/aromatic N) is 2. The van der Waals surface area contributed by atoms with Crippen molar-refractivity contribution in [3.63, 3.8) is 0 Å². The van der Waals surface area contributed by atoms with Crippen LogP contribution in [-0.2, 0) is 41.7 Å². The molecule has 0 aromatic carbocycles. The standard InChI is InChI=1S/C22H24ClN3O7S2/c1-12-14(20(23)26(25-12)13-8-9-35(30,31)11-13)6-7-18(28)33-10-17(27)24-21-19(22(29)32-2)15-4-3-5-16(15)34-21/h6-7,13H,3-5,8-11H2,1-2H3,(H,24,27). The Balaban J connectivity index is 1.36. The third kappa shape index (κ3) is 5.44. The van der Waals surface area contributed by atoms with E-state index in [1.54, 1.807) is 6.92 Å². The number of anilines is 1. The minimum absolute atomic E-state index is 0.0287. The number of methoxy groups -OCH3 is 1. The second-order valence-corrected chi connectivity index (χ2v) is 12.0. The predicted molar refractivity (Wildman–Crippen MR) is 131 cm³/mol. The monoisotopic (exact) mass is 541 g/mol. The number of fused-ring (bicyclic) bond motifs is 1. The van der Waals surface area contributed by atoms with E-state index in [2.05, 4.69) is 10.4 Å². The van der Waals surface area contributed by atoms with Gasteiger partial charge < -0.3 is 14.8 Å². The quantitative estimate of drug-likeness (QED) is 0.418. The highest BCUT2D eigenvalue weighted by Gasteiger charge is 2.32. The lowest BCUT2D eigenvalue weighted by Gasteiger charge is -2.09. The Morgan fingerprint density at radius 2 is 2.09 bits per heavy atom. The van der Waals surface area contributed by atoms with E-state index in [1.807, 2.05) is 0 Å². The van der Waals surface area contributed by atoms with Gasteiger partial charge in [-0.25, -0.2) is 22.7 Å². The van der Waals surface area contributed by atoms with E-state index in [0.29, 0.717) is 28.2 Å². The first-order valence-electron chi connectivity index (χ1n) is 10.9. The Morgan fingerprint density at radius 3 is 2.77 bits per heavy atom. The second kappa shape index (κ2) is 10.1. The molecule has 1 aliphatic heterocycles. The molecule has 35 heavy (non-hydrogen) atoms. The zero-order valence-electron chi connectivity index (χ0n) is 19.1. The average Bonchev–Trinajstić information content (AvgIpc) is 3.54. The zero-order valence-corrected chi connectivity index (χ0v) is 21.5. The molecule has 2 aliphatic rings. The van der Waals surface area contributed by atoms with Crippen LogP contribution in [0.25, 0.3) is 6.08 Å². The highest BCUT2D eigenvalue weighted by atomic mass is 35.5. The fourth-order valence-electron chi connectivity index (χ4n) is 4.24. The Hall–Kier alpha value is -2.70. The number of nitrogens with one attached hydrogen (secondary N) is 1. The Morgan fingerprint density at radius 1 is 1.31 bits per heavy atom. The number of hydrogen-bond acceptors (Lipinski definition) is 9. The first kappa shape index (κ1) is 25.4. The molecule has 4 rings (SSSR count). The molecule has 13 heteroatoms. The molecule has 10 nitrogen and oxygen atoms in total. The largest absolute Gasteiger partial charge is 0.465 e. The van der Waals surface area contributed by atoms with E-state index in [-0.39, 0.29) is 22.7 Å². The summed E-state index contributed by atoms with van der Waals surface area (Å²) in [6.07, 6.45) is 5.51. The van der Waals surface area contributed by atoms with Crippen LogP contribution in [0.15, 0.2) is 6.08 Å². The number of ether oxygens (including phenoxy) is 2. The summed E-state index contributed by atoms with van der Waals surface area (Å²) in [6, 6.07) is -0.350. The summed E-state index contributed by atoms with van der Waals surface area (Å²) >= 11 is 7.72. The van der Waals surface area contributed by atoms with Crippen LogP contribution in [0.3, 0.4) is 0 Å². The van der Waals surface area contributed by atoms with Gasteiger partial charge in [0.05, 0.1) is 35.9 Å². The first-order valence-corrected chi connectivity index (χ1v) is 13.9.